The van der Waals surface area contributed by atoms with Crippen molar-refractivity contribution in [2.24, 2.45) is 0 Å². The van der Waals surface area contributed by atoms with Crippen molar-refractivity contribution in [3.05, 3.63) is 83.4 Å². The lowest BCUT2D eigenvalue weighted by molar-refractivity contribution is 0.0992. The van der Waals surface area contributed by atoms with E-state index in [2.05, 4.69) is 23.4 Å². The molecule has 0 aliphatic heterocycles. The Bertz CT molecular complexity index is 1300. The zero-order valence-corrected chi connectivity index (χ0v) is 18.8. The summed E-state index contributed by atoms with van der Waals surface area (Å²) in [6.07, 6.45) is 1.86. The van der Waals surface area contributed by atoms with E-state index in [-0.39, 0.29) is 5.91 Å². The minimum atomic E-state index is -0.159. The van der Waals surface area contributed by atoms with Crippen molar-refractivity contribution < 1.29 is 18.8 Å². The summed E-state index contributed by atoms with van der Waals surface area (Å²) in [5.74, 6) is 1.77. The van der Waals surface area contributed by atoms with Gasteiger partial charge in [0.2, 0.25) is 0 Å². The maximum Gasteiger partial charge on any atom is 0.258 e. The topological polar surface area (TPSA) is 64.8 Å². The van der Waals surface area contributed by atoms with E-state index in [1.165, 1.54) is 5.56 Å². The maximum atomic E-state index is 13.1. The van der Waals surface area contributed by atoms with Gasteiger partial charge in [0.15, 0.2) is 5.76 Å². The van der Waals surface area contributed by atoms with Gasteiger partial charge in [-0.3, -0.25) is 4.79 Å². The molecule has 1 amide bonds. The molecule has 0 saturated heterocycles. The summed E-state index contributed by atoms with van der Waals surface area (Å²) in [4.78, 5) is 14.7. The van der Waals surface area contributed by atoms with Gasteiger partial charge in [-0.05, 0) is 54.8 Å². The molecule has 1 aromatic heterocycles. The van der Waals surface area contributed by atoms with Crippen LogP contribution in [0.3, 0.4) is 0 Å². The van der Waals surface area contributed by atoms with Crippen LogP contribution in [-0.2, 0) is 12.8 Å². The minimum absolute atomic E-state index is 0.159. The van der Waals surface area contributed by atoms with E-state index >= 15 is 0 Å². The first-order valence-electron chi connectivity index (χ1n) is 10.8. The number of carbonyl (C=O) groups excluding carboxylic acids is 1. The van der Waals surface area contributed by atoms with Crippen LogP contribution in [0.15, 0.2) is 71.3 Å². The van der Waals surface area contributed by atoms with Crippen molar-refractivity contribution in [3.63, 3.8) is 0 Å². The summed E-state index contributed by atoms with van der Waals surface area (Å²) in [5, 5.41) is 4.37. The first kappa shape index (κ1) is 20.8. The smallest absolute Gasteiger partial charge is 0.258 e. The number of anilines is 1. The van der Waals surface area contributed by atoms with Crippen LogP contribution < -0.4 is 14.4 Å². The number of benzene rings is 3. The van der Waals surface area contributed by atoms with Crippen molar-refractivity contribution >= 4 is 11.6 Å². The average molecular weight is 440 g/mol. The van der Waals surface area contributed by atoms with E-state index in [0.717, 1.165) is 46.7 Å². The fourth-order valence-corrected chi connectivity index (χ4v) is 4.29. The number of fused-ring (bicyclic) bond motifs is 3. The van der Waals surface area contributed by atoms with Gasteiger partial charge >= 0.3 is 0 Å². The van der Waals surface area contributed by atoms with Crippen molar-refractivity contribution in [1.82, 2.24) is 5.16 Å². The Morgan fingerprint density at radius 1 is 0.939 bits per heavy atom. The zero-order valence-electron chi connectivity index (χ0n) is 18.8. The number of aromatic nitrogens is 1. The Morgan fingerprint density at radius 2 is 1.64 bits per heavy atom. The fraction of sp³-hybridized carbons (Fsp3) is 0.185. The quantitative estimate of drug-likeness (QED) is 0.416. The molecule has 5 rings (SSSR count). The van der Waals surface area contributed by atoms with Crippen molar-refractivity contribution in [2.45, 2.75) is 12.8 Å². The van der Waals surface area contributed by atoms with E-state index < -0.39 is 0 Å². The lowest BCUT2D eigenvalue weighted by Gasteiger charge is -2.19. The highest BCUT2D eigenvalue weighted by Crippen LogP contribution is 2.38. The highest BCUT2D eigenvalue weighted by molar-refractivity contribution is 6.06. The minimum Gasteiger partial charge on any atom is -0.497 e. The van der Waals surface area contributed by atoms with Gasteiger partial charge in [-0.2, -0.15) is 0 Å². The molecule has 0 radical (unpaired) electrons. The zero-order chi connectivity index (χ0) is 22.9. The van der Waals surface area contributed by atoms with Gasteiger partial charge in [-0.15, -0.1) is 0 Å². The van der Waals surface area contributed by atoms with E-state index in [9.17, 15) is 4.79 Å². The molecule has 0 N–H and O–H groups in total. The number of aryl methyl sites for hydroxylation is 1. The first-order valence-corrected chi connectivity index (χ1v) is 10.8. The molecule has 1 aliphatic rings. The molecule has 0 fully saturated rings. The van der Waals surface area contributed by atoms with E-state index in [1.54, 1.807) is 44.4 Å². The maximum absolute atomic E-state index is 13.1. The van der Waals surface area contributed by atoms with Crippen molar-refractivity contribution in [1.29, 1.82) is 0 Å². The molecule has 6 nitrogen and oxygen atoms in total. The van der Waals surface area contributed by atoms with E-state index in [1.807, 2.05) is 30.3 Å². The molecule has 166 valence electrons. The second-order valence-electron chi connectivity index (χ2n) is 8.01. The molecule has 1 aliphatic carbocycles. The van der Waals surface area contributed by atoms with Gasteiger partial charge < -0.3 is 18.9 Å². The van der Waals surface area contributed by atoms with Gasteiger partial charge in [-0.1, -0.05) is 29.4 Å². The summed E-state index contributed by atoms with van der Waals surface area (Å²) in [5.41, 5.74) is 6.70. The predicted octanol–water partition coefficient (Wildman–Crippen LogP) is 5.40. The van der Waals surface area contributed by atoms with Crippen molar-refractivity contribution in [3.8, 4) is 34.1 Å². The highest BCUT2D eigenvalue weighted by Gasteiger charge is 2.24. The van der Waals surface area contributed by atoms with Crippen LogP contribution in [-0.4, -0.2) is 32.3 Å². The Labute approximate surface area is 192 Å². The summed E-state index contributed by atoms with van der Waals surface area (Å²) >= 11 is 0. The van der Waals surface area contributed by atoms with Crippen LogP contribution in [0.1, 0.15) is 21.5 Å². The molecule has 4 aromatic rings. The normalized spacial score (nSPS) is 12.0. The second-order valence-corrected chi connectivity index (χ2v) is 8.01. The van der Waals surface area contributed by atoms with Gasteiger partial charge in [0.25, 0.3) is 5.91 Å². The summed E-state index contributed by atoms with van der Waals surface area (Å²) < 4.78 is 16.4. The largest absolute Gasteiger partial charge is 0.497 e. The van der Waals surface area contributed by atoms with Crippen LogP contribution in [0.5, 0.6) is 11.5 Å². The number of carbonyl (C=O) groups is 1. The molecule has 33 heavy (non-hydrogen) atoms. The third-order valence-electron chi connectivity index (χ3n) is 6.12. The molecule has 6 heteroatoms. The van der Waals surface area contributed by atoms with Crippen LogP contribution in [0.2, 0.25) is 0 Å². The third kappa shape index (κ3) is 3.74. The summed E-state index contributed by atoms with van der Waals surface area (Å²) in [6, 6.07) is 21.2. The molecular weight excluding hydrogens is 416 g/mol. The third-order valence-corrected chi connectivity index (χ3v) is 6.12. The number of ether oxygens (including phenoxy) is 2. The SMILES string of the molecule is COc1cc(OC)cc(C(=O)N(C)c2ccc(-c3onc4c3CCc3ccccc3-4)cc2)c1. The number of rotatable bonds is 5. The standard InChI is InChI=1S/C27H24N2O4/c1-29(27(30)19-14-21(31-2)16-22(15-19)32-3)20-11-8-18(9-12-20)26-24-13-10-17-6-4-5-7-23(17)25(24)28-33-26/h4-9,11-12,14-16H,10,13H2,1-3H3. The van der Waals surface area contributed by atoms with Crippen LogP contribution in [0.4, 0.5) is 5.69 Å². The molecule has 3 aromatic carbocycles. The van der Waals surface area contributed by atoms with Crippen LogP contribution in [0, 0.1) is 0 Å². The molecule has 0 bridgehead atoms. The number of amides is 1. The van der Waals surface area contributed by atoms with Crippen molar-refractivity contribution in [2.75, 3.05) is 26.2 Å². The predicted molar refractivity (Wildman–Crippen MR) is 127 cm³/mol. The summed E-state index contributed by atoms with van der Waals surface area (Å²) in [7, 11) is 4.87. The van der Waals surface area contributed by atoms with Crippen LogP contribution >= 0.6 is 0 Å². The number of hydrogen-bond donors (Lipinski definition) is 0. The van der Waals surface area contributed by atoms with Gasteiger partial charge in [0.1, 0.15) is 17.2 Å². The van der Waals surface area contributed by atoms with Gasteiger partial charge in [-0.25, -0.2) is 0 Å². The number of methoxy groups -OCH3 is 2. The van der Waals surface area contributed by atoms with Gasteiger partial charge in [0.05, 0.1) is 14.2 Å². The monoisotopic (exact) mass is 440 g/mol. The fourth-order valence-electron chi connectivity index (χ4n) is 4.29. The number of nitrogens with zero attached hydrogens (tertiary/aromatic N) is 2. The molecular formula is C27H24N2O4. The van der Waals surface area contributed by atoms with Gasteiger partial charge in [0, 0.05) is 41.1 Å². The average Bonchev–Trinajstić information content (AvgIpc) is 3.32. The lowest BCUT2D eigenvalue weighted by atomic mass is 9.88. The van der Waals surface area contributed by atoms with E-state index in [4.69, 9.17) is 14.0 Å². The molecule has 0 saturated carbocycles. The molecule has 0 spiro atoms. The Kier molecular flexibility index (Phi) is 5.34. The first-order chi connectivity index (χ1) is 16.1. The Morgan fingerprint density at radius 3 is 2.33 bits per heavy atom. The molecule has 0 atom stereocenters. The Balaban J connectivity index is 1.41. The second kappa shape index (κ2) is 8.47. The lowest BCUT2D eigenvalue weighted by Crippen LogP contribution is -2.26. The van der Waals surface area contributed by atoms with Crippen LogP contribution in [0.25, 0.3) is 22.6 Å². The summed E-state index contributed by atoms with van der Waals surface area (Å²) in [6.45, 7) is 0. The molecule has 0 unspecified atom stereocenters. The number of hydrogen-bond acceptors (Lipinski definition) is 5. The van der Waals surface area contributed by atoms with E-state index in [0.29, 0.717) is 17.1 Å². The Hall–Kier alpha value is -4.06. The highest BCUT2D eigenvalue weighted by atomic mass is 16.5. The molecule has 1 heterocycles.